The highest BCUT2D eigenvalue weighted by Crippen LogP contribution is 2.19. The molecule has 1 aliphatic rings. The highest BCUT2D eigenvalue weighted by molar-refractivity contribution is 5.94. The summed E-state index contributed by atoms with van der Waals surface area (Å²) in [7, 11) is 0. The molecule has 98 valence electrons. The summed E-state index contributed by atoms with van der Waals surface area (Å²) >= 11 is 0. The summed E-state index contributed by atoms with van der Waals surface area (Å²) in [5, 5.41) is 3.34. The normalized spacial score (nSPS) is 18.7. The molecule has 0 saturated carbocycles. The average molecular weight is 246 g/mol. The van der Waals surface area contributed by atoms with Crippen LogP contribution in [0.1, 0.15) is 36.7 Å². The Labute approximate surface area is 109 Å². The van der Waals surface area contributed by atoms with Crippen LogP contribution in [0.5, 0.6) is 0 Å². The number of hydrogen-bond acceptors (Lipinski definition) is 2. The Morgan fingerprint density at radius 1 is 1.33 bits per heavy atom. The molecule has 18 heavy (non-hydrogen) atoms. The zero-order chi connectivity index (χ0) is 13.2. The van der Waals surface area contributed by atoms with Gasteiger partial charge in [-0.05, 0) is 38.0 Å². The summed E-state index contributed by atoms with van der Waals surface area (Å²) in [4.78, 5) is 14.5. The highest BCUT2D eigenvalue weighted by Gasteiger charge is 2.33. The zero-order valence-corrected chi connectivity index (χ0v) is 11.5. The number of benzene rings is 1. The molecule has 1 amide bonds. The van der Waals surface area contributed by atoms with Crippen LogP contribution in [0.3, 0.4) is 0 Å². The van der Waals surface area contributed by atoms with E-state index in [1.54, 1.807) is 0 Å². The number of aryl methyl sites for hydroxylation is 1. The van der Waals surface area contributed by atoms with E-state index in [1.807, 2.05) is 29.2 Å². The van der Waals surface area contributed by atoms with Gasteiger partial charge in [0.1, 0.15) is 0 Å². The van der Waals surface area contributed by atoms with Gasteiger partial charge in [-0.15, -0.1) is 0 Å². The van der Waals surface area contributed by atoms with Crippen LogP contribution in [0.4, 0.5) is 0 Å². The van der Waals surface area contributed by atoms with Gasteiger partial charge >= 0.3 is 0 Å². The fourth-order valence-electron chi connectivity index (χ4n) is 2.40. The minimum Gasteiger partial charge on any atom is -0.331 e. The monoisotopic (exact) mass is 246 g/mol. The molecule has 1 heterocycles. The lowest BCUT2D eigenvalue weighted by molar-refractivity contribution is 0.0477. The molecule has 1 N–H and O–H groups in total. The molecular formula is C15H22N2O. The average Bonchev–Trinajstić information content (AvgIpc) is 2.37. The summed E-state index contributed by atoms with van der Waals surface area (Å²) in [6, 6.07) is 7.98. The molecule has 1 aromatic rings. The topological polar surface area (TPSA) is 32.3 Å². The van der Waals surface area contributed by atoms with Gasteiger partial charge in [-0.3, -0.25) is 4.79 Å². The standard InChI is InChI=1S/C15H22N2O/c1-4-12-5-7-13(8-6-12)14(18)17-10-9-16-11-15(17,2)3/h5-8,16H,4,9-11H2,1-3H3. The molecule has 0 aliphatic carbocycles. The predicted octanol–water partition coefficient (Wildman–Crippen LogP) is 2.07. The van der Waals surface area contributed by atoms with E-state index in [-0.39, 0.29) is 11.4 Å². The van der Waals surface area contributed by atoms with E-state index in [1.165, 1.54) is 5.56 Å². The molecule has 0 aromatic heterocycles. The molecule has 3 nitrogen and oxygen atoms in total. The third-order valence-corrected chi connectivity index (χ3v) is 3.65. The Hall–Kier alpha value is -1.35. The quantitative estimate of drug-likeness (QED) is 0.866. The first kappa shape index (κ1) is 13.1. The number of carbonyl (C=O) groups excluding carboxylic acids is 1. The third-order valence-electron chi connectivity index (χ3n) is 3.65. The molecule has 1 fully saturated rings. The zero-order valence-electron chi connectivity index (χ0n) is 11.5. The molecule has 0 spiro atoms. The lowest BCUT2D eigenvalue weighted by atomic mass is 9.98. The molecule has 1 aromatic carbocycles. The Balaban J connectivity index is 2.19. The third kappa shape index (κ3) is 2.56. The van der Waals surface area contributed by atoms with Crippen LogP contribution in [0.15, 0.2) is 24.3 Å². The highest BCUT2D eigenvalue weighted by atomic mass is 16.2. The van der Waals surface area contributed by atoms with Crippen molar-refractivity contribution in [2.75, 3.05) is 19.6 Å². The summed E-state index contributed by atoms with van der Waals surface area (Å²) < 4.78 is 0. The summed E-state index contributed by atoms with van der Waals surface area (Å²) in [6.07, 6.45) is 1.01. The first-order valence-electron chi connectivity index (χ1n) is 6.66. The van der Waals surface area contributed by atoms with Crippen molar-refractivity contribution in [3.8, 4) is 0 Å². The fourth-order valence-corrected chi connectivity index (χ4v) is 2.40. The lowest BCUT2D eigenvalue weighted by Crippen LogP contribution is -2.59. The molecule has 2 rings (SSSR count). The van der Waals surface area contributed by atoms with Crippen molar-refractivity contribution in [3.05, 3.63) is 35.4 Å². The molecule has 0 unspecified atom stereocenters. The van der Waals surface area contributed by atoms with E-state index in [0.29, 0.717) is 0 Å². The lowest BCUT2D eigenvalue weighted by Gasteiger charge is -2.42. The van der Waals surface area contributed by atoms with Gasteiger partial charge < -0.3 is 10.2 Å². The molecule has 0 atom stereocenters. The second-order valence-electron chi connectivity index (χ2n) is 5.50. The first-order chi connectivity index (χ1) is 8.54. The molecular weight excluding hydrogens is 224 g/mol. The van der Waals surface area contributed by atoms with E-state index >= 15 is 0 Å². The Bertz CT molecular complexity index is 423. The maximum atomic E-state index is 12.5. The van der Waals surface area contributed by atoms with Crippen molar-refractivity contribution in [2.24, 2.45) is 0 Å². The van der Waals surface area contributed by atoms with Crippen LogP contribution in [-0.2, 0) is 6.42 Å². The van der Waals surface area contributed by atoms with Gasteiger partial charge in [-0.25, -0.2) is 0 Å². The second-order valence-corrected chi connectivity index (χ2v) is 5.50. The van der Waals surface area contributed by atoms with Crippen molar-refractivity contribution < 1.29 is 4.79 Å². The Kier molecular flexibility index (Phi) is 3.71. The van der Waals surface area contributed by atoms with E-state index in [4.69, 9.17) is 0 Å². The van der Waals surface area contributed by atoms with Crippen molar-refractivity contribution in [2.45, 2.75) is 32.7 Å². The minimum absolute atomic E-state index is 0.112. The predicted molar refractivity (Wildman–Crippen MR) is 73.8 cm³/mol. The van der Waals surface area contributed by atoms with Crippen molar-refractivity contribution >= 4 is 5.91 Å². The smallest absolute Gasteiger partial charge is 0.254 e. The van der Waals surface area contributed by atoms with Crippen LogP contribution in [0.2, 0.25) is 0 Å². The molecule has 0 bridgehead atoms. The maximum absolute atomic E-state index is 12.5. The number of amides is 1. The van der Waals surface area contributed by atoms with Crippen molar-refractivity contribution in [3.63, 3.8) is 0 Å². The Morgan fingerprint density at radius 3 is 2.56 bits per heavy atom. The maximum Gasteiger partial charge on any atom is 0.254 e. The molecule has 1 saturated heterocycles. The van der Waals surface area contributed by atoms with E-state index in [9.17, 15) is 4.79 Å². The van der Waals surface area contributed by atoms with Gasteiger partial charge in [0.25, 0.3) is 5.91 Å². The van der Waals surface area contributed by atoms with Gasteiger partial charge in [0.15, 0.2) is 0 Å². The van der Waals surface area contributed by atoms with Gasteiger partial charge in [0, 0.05) is 25.2 Å². The van der Waals surface area contributed by atoms with Crippen LogP contribution < -0.4 is 5.32 Å². The summed E-state index contributed by atoms with van der Waals surface area (Å²) in [5.41, 5.74) is 1.95. The van der Waals surface area contributed by atoms with Gasteiger partial charge in [-0.1, -0.05) is 19.1 Å². The number of rotatable bonds is 2. The molecule has 3 heteroatoms. The van der Waals surface area contributed by atoms with Gasteiger partial charge in [0.05, 0.1) is 5.54 Å². The second kappa shape index (κ2) is 5.11. The van der Waals surface area contributed by atoms with Crippen LogP contribution in [0, 0.1) is 0 Å². The number of hydrogen-bond donors (Lipinski definition) is 1. The molecule has 1 aliphatic heterocycles. The number of carbonyl (C=O) groups is 1. The van der Waals surface area contributed by atoms with Crippen LogP contribution in [-0.4, -0.2) is 36.0 Å². The SMILES string of the molecule is CCc1ccc(C(=O)N2CCNCC2(C)C)cc1. The number of nitrogens with one attached hydrogen (secondary N) is 1. The first-order valence-corrected chi connectivity index (χ1v) is 6.66. The Morgan fingerprint density at radius 2 is 2.00 bits per heavy atom. The number of nitrogens with zero attached hydrogens (tertiary/aromatic N) is 1. The van der Waals surface area contributed by atoms with Gasteiger partial charge in [0.2, 0.25) is 0 Å². The fraction of sp³-hybridized carbons (Fsp3) is 0.533. The van der Waals surface area contributed by atoms with Crippen molar-refractivity contribution in [1.29, 1.82) is 0 Å². The minimum atomic E-state index is -0.112. The largest absolute Gasteiger partial charge is 0.331 e. The number of piperazine rings is 1. The van der Waals surface area contributed by atoms with Crippen LogP contribution in [0.25, 0.3) is 0 Å². The molecule has 0 radical (unpaired) electrons. The summed E-state index contributed by atoms with van der Waals surface area (Å²) in [6.45, 7) is 8.85. The summed E-state index contributed by atoms with van der Waals surface area (Å²) in [5.74, 6) is 0.143. The van der Waals surface area contributed by atoms with Crippen LogP contribution >= 0.6 is 0 Å². The van der Waals surface area contributed by atoms with Crippen molar-refractivity contribution in [1.82, 2.24) is 10.2 Å². The van der Waals surface area contributed by atoms with Gasteiger partial charge in [-0.2, -0.15) is 0 Å². The van der Waals surface area contributed by atoms with E-state index in [0.717, 1.165) is 31.6 Å². The van der Waals surface area contributed by atoms with E-state index in [2.05, 4.69) is 26.1 Å². The van der Waals surface area contributed by atoms with E-state index < -0.39 is 0 Å².